The summed E-state index contributed by atoms with van der Waals surface area (Å²) in [5, 5.41) is 0.227. The molecule has 0 radical (unpaired) electrons. The standard InChI is InChI=1S/C18H20ClFN2O3S/c1-12-8-9-13(26(24,25)21(2)3)10-14(12)18(23)22(4)11-15-16(19)6-5-7-17(15)20/h5-10H,11H2,1-4H3. The number of hydrogen-bond acceptors (Lipinski definition) is 3. The Labute approximate surface area is 158 Å². The van der Waals surface area contributed by atoms with Gasteiger partial charge in [-0.3, -0.25) is 4.79 Å². The molecular formula is C18H20ClFN2O3S. The zero-order chi connectivity index (χ0) is 19.6. The molecule has 0 heterocycles. The fourth-order valence-corrected chi connectivity index (χ4v) is 3.55. The molecule has 0 fully saturated rings. The maximum atomic E-state index is 14.0. The van der Waals surface area contributed by atoms with Crippen LogP contribution in [0.5, 0.6) is 0 Å². The maximum absolute atomic E-state index is 14.0. The van der Waals surface area contributed by atoms with E-state index in [4.69, 9.17) is 11.6 Å². The highest BCUT2D eigenvalue weighted by Gasteiger charge is 2.22. The lowest BCUT2D eigenvalue weighted by atomic mass is 10.1. The lowest BCUT2D eigenvalue weighted by Gasteiger charge is -2.20. The molecule has 2 rings (SSSR count). The molecule has 0 spiro atoms. The van der Waals surface area contributed by atoms with Crippen molar-refractivity contribution in [1.29, 1.82) is 0 Å². The van der Waals surface area contributed by atoms with Crippen molar-refractivity contribution in [1.82, 2.24) is 9.21 Å². The molecule has 5 nitrogen and oxygen atoms in total. The minimum atomic E-state index is -3.67. The van der Waals surface area contributed by atoms with E-state index >= 15 is 0 Å². The zero-order valence-corrected chi connectivity index (χ0v) is 16.5. The van der Waals surface area contributed by atoms with Crippen molar-refractivity contribution in [2.24, 2.45) is 0 Å². The molecule has 2 aromatic rings. The van der Waals surface area contributed by atoms with Crippen molar-refractivity contribution in [3.63, 3.8) is 0 Å². The van der Waals surface area contributed by atoms with Gasteiger partial charge in [0.2, 0.25) is 10.0 Å². The predicted octanol–water partition coefficient (Wildman–Crippen LogP) is 3.31. The second kappa shape index (κ2) is 7.73. The van der Waals surface area contributed by atoms with Gasteiger partial charge < -0.3 is 4.90 Å². The van der Waals surface area contributed by atoms with E-state index in [2.05, 4.69) is 0 Å². The molecule has 0 aliphatic rings. The average molecular weight is 399 g/mol. The highest BCUT2D eigenvalue weighted by molar-refractivity contribution is 7.89. The third-order valence-electron chi connectivity index (χ3n) is 4.02. The summed E-state index contributed by atoms with van der Waals surface area (Å²) in [7, 11) is 0.685. The Morgan fingerprint density at radius 2 is 1.81 bits per heavy atom. The number of hydrogen-bond donors (Lipinski definition) is 0. The molecule has 2 aromatic carbocycles. The van der Waals surface area contributed by atoms with E-state index in [0.717, 1.165) is 4.31 Å². The first-order valence-corrected chi connectivity index (χ1v) is 9.59. The van der Waals surface area contributed by atoms with Gasteiger partial charge in [-0.05, 0) is 36.8 Å². The number of benzene rings is 2. The lowest BCUT2D eigenvalue weighted by molar-refractivity contribution is 0.0783. The van der Waals surface area contributed by atoms with Crippen LogP contribution in [0.25, 0.3) is 0 Å². The van der Waals surface area contributed by atoms with Crippen LogP contribution in [0.1, 0.15) is 21.5 Å². The summed E-state index contributed by atoms with van der Waals surface area (Å²) in [5.41, 5.74) is 1.07. The quantitative estimate of drug-likeness (QED) is 0.776. The van der Waals surface area contributed by atoms with Crippen LogP contribution in [0.3, 0.4) is 0 Å². The van der Waals surface area contributed by atoms with Crippen LogP contribution in [-0.2, 0) is 16.6 Å². The summed E-state index contributed by atoms with van der Waals surface area (Å²) in [6.07, 6.45) is 0. The van der Waals surface area contributed by atoms with Crippen molar-refractivity contribution in [2.45, 2.75) is 18.4 Å². The highest BCUT2D eigenvalue weighted by Crippen LogP contribution is 2.23. The Morgan fingerprint density at radius 3 is 2.38 bits per heavy atom. The molecule has 0 saturated heterocycles. The van der Waals surface area contributed by atoms with Gasteiger partial charge in [0.15, 0.2) is 0 Å². The number of sulfonamides is 1. The molecule has 140 valence electrons. The molecule has 26 heavy (non-hydrogen) atoms. The summed E-state index contributed by atoms with van der Waals surface area (Å²) < 4.78 is 39.6. The summed E-state index contributed by atoms with van der Waals surface area (Å²) in [5.74, 6) is -0.921. The Bertz CT molecular complexity index is 925. The Balaban J connectivity index is 2.37. The van der Waals surface area contributed by atoms with E-state index < -0.39 is 21.7 Å². The molecule has 0 aliphatic carbocycles. The number of rotatable bonds is 5. The van der Waals surface area contributed by atoms with Crippen molar-refractivity contribution in [3.8, 4) is 0 Å². The third kappa shape index (κ3) is 4.06. The first kappa shape index (κ1) is 20.4. The van der Waals surface area contributed by atoms with Gasteiger partial charge in [0.05, 0.1) is 4.90 Å². The van der Waals surface area contributed by atoms with Gasteiger partial charge in [-0.2, -0.15) is 0 Å². The van der Waals surface area contributed by atoms with Crippen molar-refractivity contribution >= 4 is 27.5 Å². The van der Waals surface area contributed by atoms with Gasteiger partial charge in [0, 0.05) is 43.8 Å². The molecule has 0 bridgehead atoms. The van der Waals surface area contributed by atoms with Crippen molar-refractivity contribution in [2.75, 3.05) is 21.1 Å². The second-order valence-corrected chi connectivity index (χ2v) is 8.68. The monoisotopic (exact) mass is 398 g/mol. The molecular weight excluding hydrogens is 379 g/mol. The van der Waals surface area contributed by atoms with E-state index in [0.29, 0.717) is 5.56 Å². The predicted molar refractivity (Wildman–Crippen MR) is 99.3 cm³/mol. The van der Waals surface area contributed by atoms with Crippen molar-refractivity contribution < 1.29 is 17.6 Å². The van der Waals surface area contributed by atoms with Gasteiger partial charge in [-0.25, -0.2) is 17.1 Å². The van der Waals surface area contributed by atoms with E-state index in [-0.39, 0.29) is 27.6 Å². The molecule has 8 heteroatoms. The SMILES string of the molecule is Cc1ccc(S(=O)(=O)N(C)C)cc1C(=O)N(C)Cc1c(F)cccc1Cl. The van der Waals surface area contributed by atoms with Crippen LogP contribution in [0.2, 0.25) is 5.02 Å². The van der Waals surface area contributed by atoms with Crippen LogP contribution >= 0.6 is 11.6 Å². The second-order valence-electron chi connectivity index (χ2n) is 6.13. The van der Waals surface area contributed by atoms with E-state index in [9.17, 15) is 17.6 Å². The Morgan fingerprint density at radius 1 is 1.15 bits per heavy atom. The van der Waals surface area contributed by atoms with Gasteiger partial charge >= 0.3 is 0 Å². The topological polar surface area (TPSA) is 57.7 Å². The van der Waals surface area contributed by atoms with Gasteiger partial charge in [-0.15, -0.1) is 0 Å². The van der Waals surface area contributed by atoms with Crippen LogP contribution in [-0.4, -0.2) is 44.7 Å². The summed E-state index contributed by atoms with van der Waals surface area (Å²) in [4.78, 5) is 14.1. The summed E-state index contributed by atoms with van der Waals surface area (Å²) in [6, 6.07) is 8.68. The molecule has 0 aromatic heterocycles. The first-order valence-electron chi connectivity index (χ1n) is 7.77. The summed E-state index contributed by atoms with van der Waals surface area (Å²) in [6.45, 7) is 1.68. The van der Waals surface area contributed by atoms with Gasteiger partial charge in [0.25, 0.3) is 5.91 Å². The first-order chi connectivity index (χ1) is 12.1. The van der Waals surface area contributed by atoms with Crippen LogP contribution in [0.4, 0.5) is 4.39 Å². The Kier molecular flexibility index (Phi) is 6.05. The number of carbonyl (C=O) groups excluding carboxylic acids is 1. The summed E-state index contributed by atoms with van der Waals surface area (Å²) >= 11 is 6.01. The molecule has 0 aliphatic heterocycles. The number of nitrogens with zero attached hydrogens (tertiary/aromatic N) is 2. The normalized spacial score (nSPS) is 11.7. The highest BCUT2D eigenvalue weighted by atomic mass is 35.5. The van der Waals surface area contributed by atoms with Gasteiger partial charge in [0.1, 0.15) is 5.82 Å². The van der Waals surface area contributed by atoms with Gasteiger partial charge in [-0.1, -0.05) is 23.7 Å². The fraction of sp³-hybridized carbons (Fsp3) is 0.278. The van der Waals surface area contributed by atoms with Crippen molar-refractivity contribution in [3.05, 3.63) is 63.9 Å². The van der Waals surface area contributed by atoms with E-state index in [1.165, 1.54) is 50.3 Å². The largest absolute Gasteiger partial charge is 0.337 e. The molecule has 1 amide bonds. The minimum absolute atomic E-state index is 0.0220. The maximum Gasteiger partial charge on any atom is 0.254 e. The number of carbonyl (C=O) groups is 1. The fourth-order valence-electron chi connectivity index (χ4n) is 2.40. The number of amides is 1. The minimum Gasteiger partial charge on any atom is -0.337 e. The zero-order valence-electron chi connectivity index (χ0n) is 15.0. The lowest BCUT2D eigenvalue weighted by Crippen LogP contribution is -2.28. The van der Waals surface area contributed by atoms with E-state index in [1.54, 1.807) is 19.1 Å². The third-order valence-corrected chi connectivity index (χ3v) is 6.19. The smallest absolute Gasteiger partial charge is 0.254 e. The number of aryl methyl sites for hydroxylation is 1. The molecule has 0 saturated carbocycles. The average Bonchev–Trinajstić information content (AvgIpc) is 2.57. The molecule has 0 unspecified atom stereocenters. The Hall–Kier alpha value is -1.96. The van der Waals surface area contributed by atoms with Crippen LogP contribution in [0, 0.1) is 12.7 Å². The number of halogens is 2. The van der Waals surface area contributed by atoms with Crippen LogP contribution < -0.4 is 0 Å². The molecule has 0 N–H and O–H groups in total. The van der Waals surface area contributed by atoms with E-state index in [1.807, 2.05) is 0 Å². The molecule has 0 atom stereocenters. The van der Waals surface area contributed by atoms with Crippen LogP contribution in [0.15, 0.2) is 41.3 Å².